The summed E-state index contributed by atoms with van der Waals surface area (Å²) in [6.07, 6.45) is 1.59. The van der Waals surface area contributed by atoms with E-state index in [2.05, 4.69) is 9.97 Å². The fourth-order valence-electron chi connectivity index (χ4n) is 1.69. The molecule has 1 unspecified atom stereocenters. The van der Waals surface area contributed by atoms with Crippen molar-refractivity contribution in [2.75, 3.05) is 23.9 Å². The second kappa shape index (κ2) is 6.43. The molecule has 2 rings (SSSR count). The number of carbonyl (C=O) groups excluding carboxylic acids is 1. The number of carbonyl (C=O) groups is 1. The molecule has 98 valence electrons. The van der Waals surface area contributed by atoms with Crippen LogP contribution in [0.15, 0.2) is 6.20 Å². The number of esters is 1. The van der Waals surface area contributed by atoms with Crippen LogP contribution in [0.1, 0.15) is 34.0 Å². The molecule has 0 N–H and O–H groups in total. The Bertz CT molecular complexity index is 434. The summed E-state index contributed by atoms with van der Waals surface area (Å²) in [6.45, 7) is 3.99. The maximum absolute atomic E-state index is 11.6. The van der Waals surface area contributed by atoms with Gasteiger partial charge in [-0.25, -0.2) is 14.8 Å². The molecule has 0 radical (unpaired) electrons. The first-order chi connectivity index (χ1) is 8.72. The first-order valence-corrected chi connectivity index (χ1v) is 8.12. The highest BCUT2D eigenvalue weighted by Crippen LogP contribution is 2.34. The number of hydrogen-bond acceptors (Lipinski definition) is 6. The molecule has 1 aromatic heterocycles. The average molecular weight is 284 g/mol. The lowest BCUT2D eigenvalue weighted by Crippen LogP contribution is -2.14. The van der Waals surface area contributed by atoms with Gasteiger partial charge in [-0.15, -0.1) is 11.8 Å². The maximum atomic E-state index is 11.6. The Kier molecular flexibility index (Phi) is 4.88. The van der Waals surface area contributed by atoms with Gasteiger partial charge >= 0.3 is 5.97 Å². The number of thioether (sulfide) groups is 2. The Hall–Kier alpha value is -0.750. The van der Waals surface area contributed by atoms with Crippen molar-refractivity contribution in [3.8, 4) is 0 Å². The summed E-state index contributed by atoms with van der Waals surface area (Å²) >= 11 is 3.82. The largest absolute Gasteiger partial charge is 0.462 e. The third-order valence-corrected chi connectivity index (χ3v) is 5.35. The van der Waals surface area contributed by atoms with E-state index < -0.39 is 0 Å². The van der Waals surface area contributed by atoms with Gasteiger partial charge in [0.15, 0.2) is 0 Å². The fraction of sp³-hybridized carbons (Fsp3) is 0.583. The minimum atomic E-state index is -0.341. The van der Waals surface area contributed by atoms with Gasteiger partial charge in [-0.1, -0.05) is 0 Å². The molecule has 1 aliphatic heterocycles. The molecule has 1 atom stereocenters. The van der Waals surface area contributed by atoms with E-state index in [1.807, 2.05) is 30.4 Å². The quantitative estimate of drug-likeness (QED) is 0.795. The Morgan fingerprint density at radius 2 is 2.39 bits per heavy atom. The molecule has 1 aromatic rings. The van der Waals surface area contributed by atoms with Crippen LogP contribution in [0.5, 0.6) is 0 Å². The zero-order valence-corrected chi connectivity index (χ0v) is 12.1. The van der Waals surface area contributed by atoms with Gasteiger partial charge in [0.25, 0.3) is 0 Å². The Labute approximate surface area is 115 Å². The lowest BCUT2D eigenvalue weighted by Gasteiger charge is -2.20. The van der Waals surface area contributed by atoms with Crippen LogP contribution in [0.4, 0.5) is 0 Å². The van der Waals surface area contributed by atoms with E-state index >= 15 is 0 Å². The van der Waals surface area contributed by atoms with Crippen molar-refractivity contribution in [1.82, 2.24) is 9.97 Å². The zero-order chi connectivity index (χ0) is 13.0. The molecule has 6 heteroatoms. The maximum Gasteiger partial charge on any atom is 0.341 e. The normalized spacial score (nSPS) is 19.6. The van der Waals surface area contributed by atoms with Crippen LogP contribution < -0.4 is 0 Å². The topological polar surface area (TPSA) is 52.1 Å². The van der Waals surface area contributed by atoms with Crippen LogP contribution in [0.25, 0.3) is 0 Å². The molecule has 1 fully saturated rings. The van der Waals surface area contributed by atoms with Gasteiger partial charge in [-0.3, -0.25) is 0 Å². The molecule has 4 nitrogen and oxygen atoms in total. The summed E-state index contributed by atoms with van der Waals surface area (Å²) in [5.74, 6) is 3.87. The number of nitrogens with zero attached hydrogens (tertiary/aromatic N) is 2. The molecule has 1 aliphatic rings. The molecular weight excluding hydrogens is 268 g/mol. The zero-order valence-electron chi connectivity index (χ0n) is 10.5. The molecule has 0 aromatic carbocycles. The highest BCUT2D eigenvalue weighted by Gasteiger charge is 2.21. The van der Waals surface area contributed by atoms with Crippen molar-refractivity contribution >= 4 is 29.5 Å². The Balaban J connectivity index is 2.16. The van der Waals surface area contributed by atoms with Crippen molar-refractivity contribution in [1.29, 1.82) is 0 Å². The van der Waals surface area contributed by atoms with Crippen LogP contribution in [0, 0.1) is 6.92 Å². The molecule has 2 heterocycles. The van der Waals surface area contributed by atoms with Crippen molar-refractivity contribution in [2.24, 2.45) is 0 Å². The van der Waals surface area contributed by atoms with E-state index in [0.717, 1.165) is 17.3 Å². The fourth-order valence-corrected chi connectivity index (χ4v) is 4.29. The lowest BCUT2D eigenvalue weighted by molar-refractivity contribution is 0.0524. The van der Waals surface area contributed by atoms with E-state index in [1.165, 1.54) is 5.75 Å². The molecule has 18 heavy (non-hydrogen) atoms. The third-order valence-electron chi connectivity index (χ3n) is 2.60. The number of aromatic nitrogens is 2. The van der Waals surface area contributed by atoms with Gasteiger partial charge < -0.3 is 4.74 Å². The minimum absolute atomic E-state index is 0.341. The lowest BCUT2D eigenvalue weighted by atomic mass is 10.2. The Morgan fingerprint density at radius 1 is 1.56 bits per heavy atom. The predicted octanol–water partition coefficient (Wildman–Crippen LogP) is 2.48. The molecule has 0 amide bonds. The second-order valence-corrected chi connectivity index (χ2v) is 6.34. The number of rotatable bonds is 3. The van der Waals surface area contributed by atoms with Crippen molar-refractivity contribution in [3.63, 3.8) is 0 Å². The number of ether oxygens (including phenoxy) is 1. The number of hydrogen-bond donors (Lipinski definition) is 0. The predicted molar refractivity (Wildman–Crippen MR) is 75.2 cm³/mol. The van der Waals surface area contributed by atoms with Gasteiger partial charge in [-0.05, 0) is 13.8 Å². The monoisotopic (exact) mass is 284 g/mol. The first-order valence-electron chi connectivity index (χ1n) is 5.92. The Morgan fingerprint density at radius 3 is 3.00 bits per heavy atom. The molecular formula is C12H16N2O2S2. The molecule has 1 saturated heterocycles. The summed E-state index contributed by atoms with van der Waals surface area (Å²) in [7, 11) is 0. The standard InChI is InChI=1S/C12H16N2O2S2/c1-3-16-12(15)9-6-13-11(14-8(9)2)10-7-17-4-5-18-10/h6,10H,3-5,7H2,1-2H3. The van der Waals surface area contributed by atoms with Crippen LogP contribution in [0.3, 0.4) is 0 Å². The summed E-state index contributed by atoms with van der Waals surface area (Å²) in [6, 6.07) is 0. The molecule has 0 saturated carbocycles. The minimum Gasteiger partial charge on any atom is -0.462 e. The van der Waals surface area contributed by atoms with Crippen LogP contribution >= 0.6 is 23.5 Å². The second-order valence-electron chi connectivity index (χ2n) is 3.88. The van der Waals surface area contributed by atoms with Gasteiger partial charge in [0.2, 0.25) is 0 Å². The van der Waals surface area contributed by atoms with E-state index in [1.54, 1.807) is 13.1 Å². The van der Waals surface area contributed by atoms with E-state index in [-0.39, 0.29) is 5.97 Å². The smallest absolute Gasteiger partial charge is 0.341 e. The first kappa shape index (κ1) is 13.7. The van der Waals surface area contributed by atoms with Crippen molar-refractivity contribution in [3.05, 3.63) is 23.3 Å². The highest BCUT2D eigenvalue weighted by atomic mass is 32.2. The van der Waals surface area contributed by atoms with E-state index in [0.29, 0.717) is 23.1 Å². The van der Waals surface area contributed by atoms with Crippen LogP contribution in [0.2, 0.25) is 0 Å². The van der Waals surface area contributed by atoms with E-state index in [4.69, 9.17) is 4.74 Å². The van der Waals surface area contributed by atoms with Gasteiger partial charge in [0, 0.05) is 23.5 Å². The van der Waals surface area contributed by atoms with E-state index in [9.17, 15) is 4.79 Å². The summed E-state index contributed by atoms with van der Waals surface area (Å²) in [4.78, 5) is 20.4. The van der Waals surface area contributed by atoms with Crippen LogP contribution in [-0.2, 0) is 4.74 Å². The van der Waals surface area contributed by atoms with Crippen molar-refractivity contribution < 1.29 is 9.53 Å². The highest BCUT2D eigenvalue weighted by molar-refractivity contribution is 8.06. The molecule has 0 aliphatic carbocycles. The third kappa shape index (κ3) is 3.17. The SMILES string of the molecule is CCOC(=O)c1cnc(C2CSCCS2)nc1C. The molecule has 0 bridgehead atoms. The van der Waals surface area contributed by atoms with Gasteiger partial charge in [0.1, 0.15) is 5.82 Å². The van der Waals surface area contributed by atoms with Gasteiger partial charge in [-0.2, -0.15) is 11.8 Å². The summed E-state index contributed by atoms with van der Waals surface area (Å²) < 4.78 is 4.97. The van der Waals surface area contributed by atoms with Crippen LogP contribution in [-0.4, -0.2) is 39.8 Å². The summed E-state index contributed by atoms with van der Waals surface area (Å²) in [5, 5.41) is 0.346. The van der Waals surface area contributed by atoms with Crippen molar-refractivity contribution in [2.45, 2.75) is 19.1 Å². The molecule has 0 spiro atoms. The average Bonchev–Trinajstić information content (AvgIpc) is 2.40. The van der Waals surface area contributed by atoms with Gasteiger partial charge in [0.05, 0.1) is 23.1 Å². The number of aryl methyl sites for hydroxylation is 1. The summed E-state index contributed by atoms with van der Waals surface area (Å²) in [5.41, 5.74) is 1.17.